The van der Waals surface area contributed by atoms with Gasteiger partial charge in [0.15, 0.2) is 0 Å². The van der Waals surface area contributed by atoms with Crippen molar-refractivity contribution in [3.05, 3.63) is 21.3 Å². The van der Waals surface area contributed by atoms with E-state index >= 15 is 0 Å². The first-order chi connectivity index (χ1) is 10.1. The Morgan fingerprint density at radius 3 is 2.76 bits per heavy atom. The van der Waals surface area contributed by atoms with Gasteiger partial charge in [-0.1, -0.05) is 24.4 Å². The second-order valence-corrected chi connectivity index (χ2v) is 7.68. The Hall–Kier alpha value is -1.07. The van der Waals surface area contributed by atoms with Crippen LogP contribution in [0.25, 0.3) is 0 Å². The topological polar surface area (TPSA) is 57.6 Å². The molecule has 2 heterocycles. The predicted molar refractivity (Wildman–Crippen MR) is 81.7 cm³/mol. The Bertz CT molecular complexity index is 559. The van der Waals surface area contributed by atoms with Crippen molar-refractivity contribution < 1.29 is 14.7 Å². The first kappa shape index (κ1) is 14.9. The molecule has 1 aromatic rings. The molecular weight excluding hydrogens is 310 g/mol. The van der Waals surface area contributed by atoms with Crippen LogP contribution < -0.4 is 0 Å². The van der Waals surface area contributed by atoms with Gasteiger partial charge in [0.05, 0.1) is 10.8 Å². The number of carboxylic acids is 1. The lowest BCUT2D eigenvalue weighted by Gasteiger charge is -2.33. The van der Waals surface area contributed by atoms with Gasteiger partial charge in [0.1, 0.15) is 6.04 Å². The Balaban J connectivity index is 1.79. The highest BCUT2D eigenvalue weighted by Crippen LogP contribution is 2.40. The molecule has 1 N–H and O–H groups in total. The molecule has 3 atom stereocenters. The lowest BCUT2D eigenvalue weighted by molar-refractivity contribution is -0.149. The van der Waals surface area contributed by atoms with Crippen LogP contribution in [-0.2, 0) is 16.0 Å². The zero-order valence-electron chi connectivity index (χ0n) is 11.6. The van der Waals surface area contributed by atoms with Crippen molar-refractivity contribution in [3.8, 4) is 0 Å². The van der Waals surface area contributed by atoms with Crippen molar-refractivity contribution in [2.24, 2.45) is 5.92 Å². The van der Waals surface area contributed by atoms with Crippen LogP contribution >= 0.6 is 22.9 Å². The van der Waals surface area contributed by atoms with E-state index in [0.717, 1.165) is 30.6 Å². The number of carboxylic acid groups (broad SMARTS) is 1. The minimum atomic E-state index is -0.873. The van der Waals surface area contributed by atoms with Gasteiger partial charge >= 0.3 is 5.97 Å². The monoisotopic (exact) mass is 327 g/mol. The summed E-state index contributed by atoms with van der Waals surface area (Å²) in [5.41, 5.74) is 0. The first-order valence-electron chi connectivity index (χ1n) is 7.34. The van der Waals surface area contributed by atoms with Gasteiger partial charge in [-0.3, -0.25) is 4.79 Å². The second-order valence-electron chi connectivity index (χ2n) is 5.89. The fourth-order valence-corrected chi connectivity index (χ4v) is 4.80. The molecule has 1 saturated heterocycles. The minimum absolute atomic E-state index is 0.0738. The average molecular weight is 328 g/mol. The SMILES string of the molecule is O=C(O)C1CC2CCCCC2N1C(=O)Cc1ccc(Cl)s1. The summed E-state index contributed by atoms with van der Waals surface area (Å²) >= 11 is 7.28. The predicted octanol–water partition coefficient (Wildman–Crippen LogP) is 3.19. The van der Waals surface area contributed by atoms with Gasteiger partial charge in [-0.25, -0.2) is 4.79 Å². The van der Waals surface area contributed by atoms with Crippen LogP contribution in [0.5, 0.6) is 0 Å². The van der Waals surface area contributed by atoms with Gasteiger partial charge in [-0.2, -0.15) is 0 Å². The summed E-state index contributed by atoms with van der Waals surface area (Å²) in [4.78, 5) is 26.7. The molecule has 1 aliphatic carbocycles. The standard InChI is InChI=1S/C15H18ClNO3S/c16-13-6-5-10(21-13)8-14(18)17-11-4-2-1-3-9(11)7-12(17)15(19)20/h5-6,9,11-12H,1-4,7-8H2,(H,19,20). The Morgan fingerprint density at radius 1 is 1.33 bits per heavy atom. The third-order valence-corrected chi connectivity index (χ3v) is 5.85. The van der Waals surface area contributed by atoms with E-state index in [4.69, 9.17) is 11.6 Å². The number of carbonyl (C=O) groups excluding carboxylic acids is 1. The molecule has 2 fully saturated rings. The maximum absolute atomic E-state index is 12.6. The molecule has 6 heteroatoms. The molecule has 114 valence electrons. The summed E-state index contributed by atoms with van der Waals surface area (Å²) < 4.78 is 0.657. The second kappa shape index (κ2) is 5.97. The van der Waals surface area contributed by atoms with E-state index < -0.39 is 12.0 Å². The quantitative estimate of drug-likeness (QED) is 0.927. The number of hydrogen-bond acceptors (Lipinski definition) is 3. The summed E-state index contributed by atoms with van der Waals surface area (Å²) in [7, 11) is 0. The normalized spacial score (nSPS) is 28.4. The van der Waals surface area contributed by atoms with Gasteiger partial charge in [0.25, 0.3) is 0 Å². The highest BCUT2D eigenvalue weighted by Gasteiger charge is 2.47. The van der Waals surface area contributed by atoms with Crippen molar-refractivity contribution in [1.82, 2.24) is 4.90 Å². The fourth-order valence-electron chi connectivity index (χ4n) is 3.73. The molecule has 0 bridgehead atoms. The maximum Gasteiger partial charge on any atom is 0.326 e. The third-order valence-electron chi connectivity index (χ3n) is 4.62. The average Bonchev–Trinajstić information content (AvgIpc) is 3.02. The van der Waals surface area contributed by atoms with Crippen molar-refractivity contribution >= 4 is 34.8 Å². The third kappa shape index (κ3) is 2.94. The number of fused-ring (bicyclic) bond motifs is 1. The van der Waals surface area contributed by atoms with Crippen molar-refractivity contribution in [3.63, 3.8) is 0 Å². The maximum atomic E-state index is 12.6. The lowest BCUT2D eigenvalue weighted by Crippen LogP contribution is -2.46. The zero-order valence-corrected chi connectivity index (χ0v) is 13.2. The van der Waals surface area contributed by atoms with Gasteiger partial charge in [0, 0.05) is 10.9 Å². The Kier molecular flexibility index (Phi) is 4.22. The number of aliphatic carboxylic acids is 1. The molecule has 3 rings (SSSR count). The largest absolute Gasteiger partial charge is 0.480 e. The van der Waals surface area contributed by atoms with Crippen LogP contribution in [0.3, 0.4) is 0 Å². The summed E-state index contributed by atoms with van der Waals surface area (Å²) in [5, 5.41) is 9.44. The fraction of sp³-hybridized carbons (Fsp3) is 0.600. The molecule has 21 heavy (non-hydrogen) atoms. The molecule has 1 saturated carbocycles. The molecule has 0 spiro atoms. The number of thiophene rings is 1. The van der Waals surface area contributed by atoms with Gasteiger partial charge in [-0.05, 0) is 37.3 Å². The lowest BCUT2D eigenvalue weighted by atomic mass is 9.84. The van der Waals surface area contributed by atoms with Crippen LogP contribution in [0.4, 0.5) is 0 Å². The van der Waals surface area contributed by atoms with Crippen LogP contribution in [0.15, 0.2) is 12.1 Å². The van der Waals surface area contributed by atoms with E-state index in [1.807, 2.05) is 6.07 Å². The number of nitrogens with zero attached hydrogens (tertiary/aromatic N) is 1. The van der Waals surface area contributed by atoms with Gasteiger partial charge < -0.3 is 10.0 Å². The van der Waals surface area contributed by atoms with Crippen LogP contribution in [0, 0.1) is 5.92 Å². The van der Waals surface area contributed by atoms with E-state index in [1.54, 1.807) is 11.0 Å². The summed E-state index contributed by atoms with van der Waals surface area (Å²) in [5.74, 6) is -0.590. The molecular formula is C15H18ClNO3S. The van der Waals surface area contributed by atoms with Crippen LogP contribution in [0.1, 0.15) is 37.0 Å². The molecule has 1 amide bonds. The molecule has 0 radical (unpaired) electrons. The van der Waals surface area contributed by atoms with E-state index in [1.165, 1.54) is 11.3 Å². The van der Waals surface area contributed by atoms with E-state index in [2.05, 4.69) is 0 Å². The number of amides is 1. The van der Waals surface area contributed by atoms with Crippen LogP contribution in [0.2, 0.25) is 4.34 Å². The zero-order chi connectivity index (χ0) is 15.0. The number of likely N-dealkylation sites (tertiary alicyclic amines) is 1. The van der Waals surface area contributed by atoms with E-state index in [9.17, 15) is 14.7 Å². The van der Waals surface area contributed by atoms with E-state index in [0.29, 0.717) is 16.7 Å². The van der Waals surface area contributed by atoms with Crippen molar-refractivity contribution in [1.29, 1.82) is 0 Å². The number of rotatable bonds is 3. The number of carbonyl (C=O) groups is 2. The molecule has 1 aliphatic heterocycles. The summed E-state index contributed by atoms with van der Waals surface area (Å²) in [6.45, 7) is 0. The minimum Gasteiger partial charge on any atom is -0.480 e. The Labute approximate surface area is 132 Å². The van der Waals surface area contributed by atoms with Gasteiger partial charge in [-0.15, -0.1) is 11.3 Å². The molecule has 4 nitrogen and oxygen atoms in total. The Morgan fingerprint density at radius 2 is 2.10 bits per heavy atom. The highest BCUT2D eigenvalue weighted by molar-refractivity contribution is 7.16. The molecule has 0 aromatic carbocycles. The number of halogens is 1. The van der Waals surface area contributed by atoms with Gasteiger partial charge in [0.2, 0.25) is 5.91 Å². The first-order valence-corrected chi connectivity index (χ1v) is 8.54. The smallest absolute Gasteiger partial charge is 0.326 e. The summed E-state index contributed by atoms with van der Waals surface area (Å²) in [6, 6.07) is 3.08. The molecule has 1 aromatic heterocycles. The highest BCUT2D eigenvalue weighted by atomic mass is 35.5. The van der Waals surface area contributed by atoms with E-state index in [-0.39, 0.29) is 18.4 Å². The van der Waals surface area contributed by atoms with Crippen molar-refractivity contribution in [2.45, 2.75) is 50.6 Å². The molecule has 2 aliphatic rings. The number of hydrogen-bond donors (Lipinski definition) is 1. The molecule has 3 unspecified atom stereocenters. The van der Waals surface area contributed by atoms with Crippen molar-refractivity contribution in [2.75, 3.05) is 0 Å². The van der Waals surface area contributed by atoms with Crippen LogP contribution in [-0.4, -0.2) is 34.0 Å². The summed E-state index contributed by atoms with van der Waals surface area (Å²) in [6.07, 6.45) is 5.08.